The Kier molecular flexibility index (Phi) is 2.85. The van der Waals surface area contributed by atoms with Gasteiger partial charge in [0.25, 0.3) is 0 Å². The smallest absolute Gasteiger partial charge is 0.0964 e. The minimum Gasteiger partial charge on any atom is -0.314 e. The summed E-state index contributed by atoms with van der Waals surface area (Å²) in [6.45, 7) is 1.44. The van der Waals surface area contributed by atoms with Gasteiger partial charge in [-0.05, 0) is 7.05 Å². The summed E-state index contributed by atoms with van der Waals surface area (Å²) in [5.41, 5.74) is 3.79. The SMILES string of the molecule is CNCc1cn(Cc2cscn2)nn1. The Morgan fingerprint density at radius 3 is 3.14 bits per heavy atom. The van der Waals surface area contributed by atoms with E-state index in [1.165, 1.54) is 0 Å². The Hall–Kier alpha value is -1.27. The van der Waals surface area contributed by atoms with Crippen LogP contribution >= 0.6 is 11.3 Å². The van der Waals surface area contributed by atoms with E-state index in [1.54, 1.807) is 16.0 Å². The van der Waals surface area contributed by atoms with Crippen LogP contribution in [0.5, 0.6) is 0 Å². The highest BCUT2D eigenvalue weighted by Gasteiger charge is 2.01. The van der Waals surface area contributed by atoms with Crippen molar-refractivity contribution in [3.05, 3.63) is 28.5 Å². The molecule has 0 amide bonds. The second-order valence-corrected chi connectivity index (χ2v) is 3.64. The average molecular weight is 209 g/mol. The van der Waals surface area contributed by atoms with Crippen molar-refractivity contribution in [3.8, 4) is 0 Å². The van der Waals surface area contributed by atoms with Crippen LogP contribution in [0.15, 0.2) is 17.1 Å². The quantitative estimate of drug-likeness (QED) is 0.796. The minimum absolute atomic E-state index is 0.695. The summed E-state index contributed by atoms with van der Waals surface area (Å²) in [6.07, 6.45) is 1.93. The van der Waals surface area contributed by atoms with E-state index >= 15 is 0 Å². The van der Waals surface area contributed by atoms with Gasteiger partial charge in [0.1, 0.15) is 0 Å². The number of aromatic nitrogens is 4. The first-order valence-electron chi connectivity index (χ1n) is 4.29. The van der Waals surface area contributed by atoms with Gasteiger partial charge in [0.2, 0.25) is 0 Å². The number of rotatable bonds is 4. The van der Waals surface area contributed by atoms with Gasteiger partial charge in [-0.3, -0.25) is 0 Å². The van der Waals surface area contributed by atoms with E-state index in [0.29, 0.717) is 6.54 Å². The van der Waals surface area contributed by atoms with Crippen LogP contribution in [-0.2, 0) is 13.1 Å². The first-order chi connectivity index (χ1) is 6.88. The van der Waals surface area contributed by atoms with Crippen LogP contribution in [0.3, 0.4) is 0 Å². The lowest BCUT2D eigenvalue weighted by Gasteiger charge is -1.94. The lowest BCUT2D eigenvalue weighted by atomic mass is 10.4. The Morgan fingerprint density at radius 2 is 2.43 bits per heavy atom. The molecule has 2 rings (SSSR count). The number of nitrogens with one attached hydrogen (secondary N) is 1. The predicted octanol–water partition coefficient (Wildman–Crippen LogP) is 0.502. The van der Waals surface area contributed by atoms with Crippen LogP contribution < -0.4 is 5.32 Å². The lowest BCUT2D eigenvalue weighted by molar-refractivity contribution is 0.640. The van der Waals surface area contributed by atoms with Gasteiger partial charge >= 0.3 is 0 Å². The molecule has 0 saturated heterocycles. The summed E-state index contributed by atoms with van der Waals surface area (Å²) in [4.78, 5) is 4.18. The largest absolute Gasteiger partial charge is 0.314 e. The molecule has 0 saturated carbocycles. The highest BCUT2D eigenvalue weighted by molar-refractivity contribution is 7.07. The van der Waals surface area contributed by atoms with E-state index in [9.17, 15) is 0 Å². The zero-order valence-corrected chi connectivity index (χ0v) is 8.66. The van der Waals surface area contributed by atoms with Crippen molar-refractivity contribution in [1.82, 2.24) is 25.3 Å². The molecule has 0 atom stereocenters. The molecule has 0 unspecified atom stereocenters. The molecule has 0 aromatic carbocycles. The summed E-state index contributed by atoms with van der Waals surface area (Å²) >= 11 is 1.59. The second kappa shape index (κ2) is 4.30. The standard InChI is InChI=1S/C8H11N5S/c1-9-2-7-3-13(12-11-7)4-8-5-14-6-10-8/h3,5-6,9H,2,4H2,1H3. The molecule has 0 bridgehead atoms. The van der Waals surface area contributed by atoms with Crippen molar-refractivity contribution in [2.75, 3.05) is 7.05 Å². The molecule has 74 valence electrons. The topological polar surface area (TPSA) is 55.6 Å². The molecule has 1 N–H and O–H groups in total. The van der Waals surface area contributed by atoms with Crippen LogP contribution in [0.2, 0.25) is 0 Å². The molecule has 6 heteroatoms. The fraction of sp³-hybridized carbons (Fsp3) is 0.375. The van der Waals surface area contributed by atoms with E-state index in [0.717, 1.165) is 17.9 Å². The Morgan fingerprint density at radius 1 is 1.50 bits per heavy atom. The summed E-state index contributed by atoms with van der Waals surface area (Å²) in [5, 5.41) is 13.1. The molecule has 0 spiro atoms. The Labute approximate surface area is 85.8 Å². The van der Waals surface area contributed by atoms with Gasteiger partial charge < -0.3 is 5.32 Å². The average Bonchev–Trinajstić information content (AvgIpc) is 2.79. The Bertz CT molecular complexity index is 380. The maximum Gasteiger partial charge on any atom is 0.0964 e. The third-order valence-corrected chi connectivity index (χ3v) is 2.39. The van der Waals surface area contributed by atoms with Crippen LogP contribution in [-0.4, -0.2) is 27.0 Å². The van der Waals surface area contributed by atoms with Crippen molar-refractivity contribution in [2.45, 2.75) is 13.1 Å². The number of thiazole rings is 1. The fourth-order valence-electron chi connectivity index (χ4n) is 1.16. The van der Waals surface area contributed by atoms with Crippen molar-refractivity contribution in [1.29, 1.82) is 0 Å². The van der Waals surface area contributed by atoms with Gasteiger partial charge in [0, 0.05) is 11.9 Å². The third-order valence-electron chi connectivity index (χ3n) is 1.75. The molecule has 0 radical (unpaired) electrons. The van der Waals surface area contributed by atoms with E-state index in [2.05, 4.69) is 20.6 Å². The molecule has 2 aromatic heterocycles. The molecule has 0 aliphatic heterocycles. The summed E-state index contributed by atoms with van der Waals surface area (Å²) in [5.74, 6) is 0. The summed E-state index contributed by atoms with van der Waals surface area (Å²) in [7, 11) is 1.89. The summed E-state index contributed by atoms with van der Waals surface area (Å²) in [6, 6.07) is 0. The second-order valence-electron chi connectivity index (χ2n) is 2.92. The predicted molar refractivity (Wildman–Crippen MR) is 54.0 cm³/mol. The monoisotopic (exact) mass is 209 g/mol. The van der Waals surface area contributed by atoms with Crippen LogP contribution in [0.25, 0.3) is 0 Å². The van der Waals surface area contributed by atoms with Gasteiger partial charge in [0.05, 0.1) is 29.6 Å². The molecule has 0 aliphatic rings. The van der Waals surface area contributed by atoms with Crippen LogP contribution in [0.4, 0.5) is 0 Å². The lowest BCUT2D eigenvalue weighted by Crippen LogP contribution is -2.05. The fourth-order valence-corrected chi connectivity index (χ4v) is 1.71. The highest BCUT2D eigenvalue weighted by Crippen LogP contribution is 2.03. The van der Waals surface area contributed by atoms with Gasteiger partial charge in [-0.2, -0.15) is 0 Å². The normalized spacial score (nSPS) is 10.6. The zero-order valence-electron chi connectivity index (χ0n) is 7.84. The third kappa shape index (κ3) is 2.15. The van der Waals surface area contributed by atoms with Crippen LogP contribution in [0, 0.1) is 0 Å². The molecule has 5 nitrogen and oxygen atoms in total. The van der Waals surface area contributed by atoms with Crippen molar-refractivity contribution in [2.24, 2.45) is 0 Å². The van der Waals surface area contributed by atoms with E-state index in [1.807, 2.05) is 24.1 Å². The molecule has 2 heterocycles. The van der Waals surface area contributed by atoms with E-state index in [-0.39, 0.29) is 0 Å². The molecule has 2 aromatic rings. The van der Waals surface area contributed by atoms with Gasteiger partial charge in [-0.15, -0.1) is 16.4 Å². The molecule has 0 aliphatic carbocycles. The minimum atomic E-state index is 0.695. The van der Waals surface area contributed by atoms with Crippen molar-refractivity contribution >= 4 is 11.3 Å². The molecule has 0 fully saturated rings. The van der Waals surface area contributed by atoms with Gasteiger partial charge in [-0.25, -0.2) is 9.67 Å². The molecular formula is C8H11N5S. The van der Waals surface area contributed by atoms with Crippen molar-refractivity contribution < 1.29 is 0 Å². The first kappa shape index (κ1) is 9.29. The Balaban J connectivity index is 2.03. The van der Waals surface area contributed by atoms with Crippen LogP contribution in [0.1, 0.15) is 11.4 Å². The summed E-state index contributed by atoms with van der Waals surface area (Å²) < 4.78 is 1.79. The van der Waals surface area contributed by atoms with E-state index in [4.69, 9.17) is 0 Å². The number of hydrogen-bond acceptors (Lipinski definition) is 5. The number of nitrogens with zero attached hydrogens (tertiary/aromatic N) is 4. The maximum atomic E-state index is 4.18. The maximum absolute atomic E-state index is 4.18. The first-order valence-corrected chi connectivity index (χ1v) is 5.23. The highest BCUT2D eigenvalue weighted by atomic mass is 32.1. The van der Waals surface area contributed by atoms with Gasteiger partial charge in [0.15, 0.2) is 0 Å². The van der Waals surface area contributed by atoms with Gasteiger partial charge in [-0.1, -0.05) is 5.21 Å². The molecular weight excluding hydrogens is 198 g/mol. The molecule has 14 heavy (non-hydrogen) atoms. The number of hydrogen-bond donors (Lipinski definition) is 1. The van der Waals surface area contributed by atoms with Crippen molar-refractivity contribution in [3.63, 3.8) is 0 Å². The zero-order chi connectivity index (χ0) is 9.80. The van der Waals surface area contributed by atoms with E-state index < -0.39 is 0 Å².